The summed E-state index contributed by atoms with van der Waals surface area (Å²) in [5.41, 5.74) is 2.26. The predicted molar refractivity (Wildman–Crippen MR) is 163 cm³/mol. The van der Waals surface area contributed by atoms with Gasteiger partial charge in [-0.15, -0.1) is 0 Å². The number of pyridine rings is 2. The van der Waals surface area contributed by atoms with Crippen LogP contribution in [0.15, 0.2) is 78.5 Å². The number of nitrogens with one attached hydrogen (secondary N) is 1. The normalized spacial score (nSPS) is 15.8. The number of allylic oxidation sites excluding steroid dienone is 4. The van der Waals surface area contributed by atoms with Crippen LogP contribution in [0.25, 0.3) is 16.5 Å². The third-order valence-electron chi connectivity index (χ3n) is 7.26. The summed E-state index contributed by atoms with van der Waals surface area (Å²) in [4.78, 5) is 34.6. The molecule has 45 heavy (non-hydrogen) atoms. The Kier molecular flexibility index (Phi) is 9.18. The van der Waals surface area contributed by atoms with E-state index in [-0.39, 0.29) is 23.4 Å². The molecule has 0 spiro atoms. The first kappa shape index (κ1) is 30.0. The van der Waals surface area contributed by atoms with Crippen molar-refractivity contribution in [2.24, 2.45) is 0 Å². The lowest BCUT2D eigenvalue weighted by atomic mass is 9.88. The molecular weight excluding hydrogens is 584 g/mol. The monoisotopic (exact) mass is 613 g/mol. The zero-order valence-electron chi connectivity index (χ0n) is 24.2. The fourth-order valence-corrected chi connectivity index (χ4v) is 5.04. The molecule has 1 aliphatic heterocycles. The van der Waals surface area contributed by atoms with Crippen LogP contribution < -0.4 is 14.8 Å². The Morgan fingerprint density at radius 3 is 2.27 bits per heavy atom. The standard InChI is InChI=1S/C34H29F2N3O6/c35-22-6-4-21(5-7-22)24-2-1-3-25(33(24)41)30(40)18-23-8-9-28(34(36)38-23)39-27-10-11-37-29-20-32-31(19-26(27)29)44-16-14-42-12-13-43-15-17-45-32/h2-11,19-20H,1,12-18H2,(H,37,39). The summed E-state index contributed by atoms with van der Waals surface area (Å²) < 4.78 is 51.4. The average molecular weight is 614 g/mol. The molecule has 4 aromatic rings. The Hall–Kier alpha value is -5.00. The first-order valence-corrected chi connectivity index (χ1v) is 14.5. The van der Waals surface area contributed by atoms with Crippen LogP contribution in [0.1, 0.15) is 17.7 Å². The Balaban J connectivity index is 1.17. The van der Waals surface area contributed by atoms with E-state index >= 15 is 4.39 Å². The third-order valence-corrected chi connectivity index (χ3v) is 7.26. The van der Waals surface area contributed by atoms with Gasteiger partial charge in [-0.25, -0.2) is 9.37 Å². The Morgan fingerprint density at radius 1 is 0.822 bits per heavy atom. The van der Waals surface area contributed by atoms with Gasteiger partial charge in [-0.1, -0.05) is 24.3 Å². The molecule has 3 heterocycles. The smallest absolute Gasteiger partial charge is 0.236 e. The number of halogens is 2. The Bertz CT molecular complexity index is 1810. The lowest BCUT2D eigenvalue weighted by molar-refractivity contribution is -0.118. The van der Waals surface area contributed by atoms with Gasteiger partial charge in [-0.3, -0.25) is 14.6 Å². The highest BCUT2D eigenvalue weighted by Gasteiger charge is 2.25. The van der Waals surface area contributed by atoms with Crippen LogP contribution >= 0.6 is 0 Å². The molecule has 0 bridgehead atoms. The summed E-state index contributed by atoms with van der Waals surface area (Å²) in [5.74, 6) is -1.18. The minimum atomic E-state index is -0.816. The van der Waals surface area contributed by atoms with Crippen molar-refractivity contribution < 1.29 is 37.3 Å². The quantitative estimate of drug-likeness (QED) is 0.221. The number of anilines is 2. The average Bonchev–Trinajstić information content (AvgIpc) is 3.03. The fourth-order valence-electron chi connectivity index (χ4n) is 5.04. The Morgan fingerprint density at radius 2 is 1.53 bits per heavy atom. The molecule has 1 aliphatic carbocycles. The number of aromatic nitrogens is 2. The van der Waals surface area contributed by atoms with Gasteiger partial charge in [0.05, 0.1) is 55.3 Å². The van der Waals surface area contributed by atoms with Crippen LogP contribution in [0, 0.1) is 11.8 Å². The van der Waals surface area contributed by atoms with Gasteiger partial charge in [0, 0.05) is 28.9 Å². The van der Waals surface area contributed by atoms with E-state index in [2.05, 4.69) is 15.3 Å². The van der Waals surface area contributed by atoms with Crippen molar-refractivity contribution in [2.45, 2.75) is 12.8 Å². The van der Waals surface area contributed by atoms with E-state index in [0.29, 0.717) is 85.3 Å². The van der Waals surface area contributed by atoms with Crippen molar-refractivity contribution in [3.63, 3.8) is 0 Å². The van der Waals surface area contributed by atoms with Crippen molar-refractivity contribution in [2.75, 3.05) is 45.0 Å². The first-order chi connectivity index (χ1) is 22.0. The molecule has 0 saturated heterocycles. The van der Waals surface area contributed by atoms with E-state index in [0.717, 1.165) is 0 Å². The number of ketones is 2. The van der Waals surface area contributed by atoms with E-state index in [9.17, 15) is 14.0 Å². The van der Waals surface area contributed by atoms with Crippen LogP contribution in [0.2, 0.25) is 0 Å². The van der Waals surface area contributed by atoms with Crippen molar-refractivity contribution in [1.82, 2.24) is 9.97 Å². The summed E-state index contributed by atoms with van der Waals surface area (Å²) in [6.07, 6.45) is 4.93. The van der Waals surface area contributed by atoms with E-state index in [1.54, 1.807) is 36.5 Å². The predicted octanol–water partition coefficient (Wildman–Crippen LogP) is 5.55. The van der Waals surface area contributed by atoms with Gasteiger partial charge in [0.2, 0.25) is 5.95 Å². The largest absolute Gasteiger partial charge is 0.487 e. The molecule has 11 heteroatoms. The molecule has 0 fully saturated rings. The number of Topliss-reactive ketones (excluding diaryl/α,β-unsaturated/α-hetero) is 2. The number of carbonyl (C=O) groups excluding carboxylic acids is 2. The number of fused-ring (bicyclic) bond motifs is 2. The van der Waals surface area contributed by atoms with Gasteiger partial charge in [0.1, 0.15) is 19.0 Å². The summed E-state index contributed by atoms with van der Waals surface area (Å²) in [6.45, 7) is 2.33. The van der Waals surface area contributed by atoms with Gasteiger partial charge < -0.3 is 24.3 Å². The number of rotatable bonds is 6. The first-order valence-electron chi connectivity index (χ1n) is 14.5. The van der Waals surface area contributed by atoms with Gasteiger partial charge in [0.15, 0.2) is 23.1 Å². The maximum atomic E-state index is 15.3. The molecule has 2 aromatic heterocycles. The number of carbonyl (C=O) groups is 2. The maximum Gasteiger partial charge on any atom is 0.236 e. The van der Waals surface area contributed by atoms with E-state index in [1.165, 1.54) is 36.4 Å². The molecule has 0 saturated carbocycles. The van der Waals surface area contributed by atoms with Gasteiger partial charge in [-0.2, -0.15) is 4.39 Å². The van der Waals surface area contributed by atoms with Crippen LogP contribution in [-0.4, -0.2) is 61.2 Å². The highest BCUT2D eigenvalue weighted by molar-refractivity contribution is 6.38. The summed E-state index contributed by atoms with van der Waals surface area (Å²) in [6, 6.07) is 13.8. The zero-order valence-corrected chi connectivity index (χ0v) is 24.2. The van der Waals surface area contributed by atoms with Crippen LogP contribution in [0.5, 0.6) is 11.5 Å². The minimum Gasteiger partial charge on any atom is -0.487 e. The lowest BCUT2D eigenvalue weighted by Crippen LogP contribution is -2.19. The van der Waals surface area contributed by atoms with E-state index in [1.807, 2.05) is 0 Å². The Labute approximate surface area is 257 Å². The molecule has 2 aromatic carbocycles. The second-order valence-electron chi connectivity index (χ2n) is 10.3. The minimum absolute atomic E-state index is 0.00196. The second-order valence-corrected chi connectivity index (χ2v) is 10.3. The molecule has 6 rings (SSSR count). The number of benzene rings is 2. The van der Waals surface area contributed by atoms with Crippen LogP contribution in [0.4, 0.5) is 20.2 Å². The molecule has 0 radical (unpaired) electrons. The molecule has 9 nitrogen and oxygen atoms in total. The number of hydrogen-bond donors (Lipinski definition) is 1. The van der Waals surface area contributed by atoms with Crippen LogP contribution in [0.3, 0.4) is 0 Å². The maximum absolute atomic E-state index is 15.3. The molecular formula is C34H29F2N3O6. The summed E-state index contributed by atoms with van der Waals surface area (Å²) in [7, 11) is 0. The third kappa shape index (κ3) is 7.05. The highest BCUT2D eigenvalue weighted by Crippen LogP contribution is 2.36. The molecule has 0 amide bonds. The van der Waals surface area contributed by atoms with Crippen molar-refractivity contribution in [3.8, 4) is 11.5 Å². The lowest BCUT2D eigenvalue weighted by Gasteiger charge is -2.17. The second kappa shape index (κ2) is 13.7. The fraction of sp³-hybridized carbons (Fsp3) is 0.235. The topological polar surface area (TPSA) is 109 Å². The highest BCUT2D eigenvalue weighted by atomic mass is 19.1. The van der Waals surface area contributed by atoms with Crippen molar-refractivity contribution in [1.29, 1.82) is 0 Å². The van der Waals surface area contributed by atoms with E-state index < -0.39 is 23.3 Å². The molecule has 2 aliphatic rings. The zero-order chi connectivity index (χ0) is 31.2. The SMILES string of the molecule is O=C(Cc1ccc(Nc2ccnc3cc4c(cc23)OCCOCCOCCO4)c(F)n1)C1=CCC=C(c2ccc(F)cc2)C1=O. The van der Waals surface area contributed by atoms with Crippen LogP contribution in [-0.2, 0) is 25.5 Å². The van der Waals surface area contributed by atoms with Gasteiger partial charge in [0.25, 0.3) is 0 Å². The number of ether oxygens (including phenoxy) is 4. The van der Waals surface area contributed by atoms with Gasteiger partial charge >= 0.3 is 0 Å². The molecule has 230 valence electrons. The molecule has 1 N–H and O–H groups in total. The van der Waals surface area contributed by atoms with Crippen molar-refractivity contribution >= 4 is 39.4 Å². The number of hydrogen-bond acceptors (Lipinski definition) is 9. The summed E-state index contributed by atoms with van der Waals surface area (Å²) >= 11 is 0. The molecule has 0 unspecified atom stereocenters. The number of nitrogens with zero attached hydrogens (tertiary/aromatic N) is 2. The summed E-state index contributed by atoms with van der Waals surface area (Å²) in [5, 5.41) is 3.73. The van der Waals surface area contributed by atoms with Gasteiger partial charge in [-0.05, 0) is 48.4 Å². The molecule has 0 atom stereocenters. The van der Waals surface area contributed by atoms with Crippen molar-refractivity contribution in [3.05, 3.63) is 102 Å². The van der Waals surface area contributed by atoms with E-state index in [4.69, 9.17) is 18.9 Å².